The van der Waals surface area contributed by atoms with Gasteiger partial charge in [-0.1, -0.05) is 52.3 Å². The second-order valence-corrected chi connectivity index (χ2v) is 12.6. The number of hydrogen-bond acceptors (Lipinski definition) is 8. The van der Waals surface area contributed by atoms with Gasteiger partial charge in [-0.15, -0.1) is 0 Å². The van der Waals surface area contributed by atoms with Crippen LogP contribution in [0, 0.1) is 17.8 Å². The van der Waals surface area contributed by atoms with E-state index in [4.69, 9.17) is 37.5 Å². The van der Waals surface area contributed by atoms with E-state index in [2.05, 4.69) is 27.2 Å². The number of halogens is 2. The molecule has 2 aliphatic heterocycles. The Labute approximate surface area is 245 Å². The first kappa shape index (κ1) is 25.9. The third kappa shape index (κ3) is 4.67. The van der Waals surface area contributed by atoms with Crippen molar-refractivity contribution in [1.82, 2.24) is 15.0 Å². The Morgan fingerprint density at radius 2 is 1.93 bits per heavy atom. The van der Waals surface area contributed by atoms with E-state index in [0.717, 1.165) is 53.7 Å². The number of nitrogens with zero attached hydrogens (tertiary/aromatic N) is 4. The first-order chi connectivity index (χ1) is 19.4. The Balaban J connectivity index is 1.05. The van der Waals surface area contributed by atoms with E-state index in [1.54, 1.807) is 37.3 Å². The lowest BCUT2D eigenvalue weighted by Gasteiger charge is -2.20. The molecule has 2 aromatic heterocycles. The Morgan fingerprint density at radius 1 is 1.18 bits per heavy atom. The largest absolute Gasteiger partial charge is 0.497 e. The number of methoxy groups -OCH3 is 1. The number of piperidine rings is 1. The standard InChI is InChI=1S/C29H26Cl2N4O4S/c1-38-17-7-15(6-16(8-17)28(36)37)24-13-40-29(33-24)35-11-20-18(21(20)12-35)4-5-19-26(34-39-27(19)14-2-3-14)25-22(30)9-32-10-23(25)31/h4-10,14,18,20-21,24H,2-3,11-13H2,1H3,(H,36,37)/b5-4+. The van der Waals surface area contributed by atoms with Gasteiger partial charge in [0.05, 0.1) is 28.8 Å². The van der Waals surface area contributed by atoms with Gasteiger partial charge in [-0.2, -0.15) is 0 Å². The molecule has 2 aliphatic carbocycles. The molecule has 7 rings (SSSR count). The predicted octanol–water partition coefficient (Wildman–Crippen LogP) is 6.66. The van der Waals surface area contributed by atoms with Crippen LogP contribution in [-0.4, -0.2) is 57.2 Å². The van der Waals surface area contributed by atoms with Gasteiger partial charge in [0.25, 0.3) is 0 Å². The predicted molar refractivity (Wildman–Crippen MR) is 155 cm³/mol. The highest BCUT2D eigenvalue weighted by Crippen LogP contribution is 2.54. The van der Waals surface area contributed by atoms with Crippen molar-refractivity contribution in [2.45, 2.75) is 24.8 Å². The first-order valence-corrected chi connectivity index (χ1v) is 15.0. The lowest BCUT2D eigenvalue weighted by atomic mass is 10.0. The van der Waals surface area contributed by atoms with Crippen LogP contribution >= 0.6 is 35.0 Å². The normalized spacial score (nSPS) is 25.4. The molecule has 40 heavy (non-hydrogen) atoms. The van der Waals surface area contributed by atoms with Crippen molar-refractivity contribution < 1.29 is 19.2 Å². The Kier molecular flexibility index (Phi) is 6.56. The molecule has 0 radical (unpaired) electrons. The third-order valence-electron chi connectivity index (χ3n) is 8.24. The van der Waals surface area contributed by atoms with Gasteiger partial charge in [-0.3, -0.25) is 9.98 Å². The molecule has 1 aromatic carbocycles. The lowest BCUT2D eigenvalue weighted by molar-refractivity contribution is 0.0696. The van der Waals surface area contributed by atoms with Crippen molar-refractivity contribution in [3.63, 3.8) is 0 Å². The molecule has 1 N–H and O–H groups in total. The van der Waals surface area contributed by atoms with Crippen molar-refractivity contribution >= 4 is 52.2 Å². The van der Waals surface area contributed by atoms with E-state index >= 15 is 0 Å². The summed E-state index contributed by atoms with van der Waals surface area (Å²) in [5, 5.41) is 15.8. The fourth-order valence-corrected chi connectivity index (χ4v) is 7.56. The molecule has 0 amide bonds. The van der Waals surface area contributed by atoms with Crippen molar-refractivity contribution in [1.29, 1.82) is 0 Å². The second-order valence-electron chi connectivity index (χ2n) is 10.8. The molecular weight excluding hydrogens is 571 g/mol. The molecule has 3 unspecified atom stereocenters. The number of carbonyl (C=O) groups is 1. The van der Waals surface area contributed by atoms with E-state index in [9.17, 15) is 9.90 Å². The number of aromatic nitrogens is 2. The Bertz CT molecular complexity index is 1540. The molecule has 206 valence electrons. The second kappa shape index (κ2) is 10.1. The molecule has 8 nitrogen and oxygen atoms in total. The van der Waals surface area contributed by atoms with Gasteiger partial charge in [-0.25, -0.2) is 4.79 Å². The highest BCUT2D eigenvalue weighted by molar-refractivity contribution is 8.14. The molecule has 4 heterocycles. The number of thioether (sulfide) groups is 1. The molecule has 1 saturated heterocycles. The van der Waals surface area contributed by atoms with Crippen LogP contribution in [-0.2, 0) is 0 Å². The van der Waals surface area contributed by atoms with Crippen molar-refractivity contribution in [3.05, 3.63) is 69.2 Å². The lowest BCUT2D eigenvalue weighted by Crippen LogP contribution is -2.28. The summed E-state index contributed by atoms with van der Waals surface area (Å²) >= 11 is 14.6. The molecule has 0 spiro atoms. The third-order valence-corrected chi connectivity index (χ3v) is 9.92. The minimum Gasteiger partial charge on any atom is -0.497 e. The summed E-state index contributed by atoms with van der Waals surface area (Å²) < 4.78 is 11.1. The van der Waals surface area contributed by atoms with Crippen LogP contribution in [0.5, 0.6) is 5.75 Å². The number of amidine groups is 1. The summed E-state index contributed by atoms with van der Waals surface area (Å²) in [6.45, 7) is 1.93. The molecule has 11 heteroatoms. The number of fused-ring (bicyclic) bond motifs is 1. The average molecular weight is 598 g/mol. The SMILES string of the molecule is COc1cc(C(=O)O)cc(C2CSC(N3CC4C(/C=C/c5c(-c6c(Cl)cncc6Cl)noc5C5CC5)C4C3)=N2)c1. The van der Waals surface area contributed by atoms with Crippen LogP contribution < -0.4 is 4.74 Å². The monoisotopic (exact) mass is 596 g/mol. The van der Waals surface area contributed by atoms with Gasteiger partial charge in [0.1, 0.15) is 17.2 Å². The summed E-state index contributed by atoms with van der Waals surface area (Å²) in [6, 6.07) is 5.04. The first-order valence-electron chi connectivity index (χ1n) is 13.3. The number of carboxylic acids is 1. The van der Waals surface area contributed by atoms with Crippen LogP contribution in [0.25, 0.3) is 17.3 Å². The maximum atomic E-state index is 11.6. The zero-order chi connectivity index (χ0) is 27.5. The molecule has 3 fully saturated rings. The van der Waals surface area contributed by atoms with Crippen molar-refractivity contribution in [2.75, 3.05) is 26.0 Å². The maximum absolute atomic E-state index is 11.6. The number of aromatic carboxylic acids is 1. The van der Waals surface area contributed by atoms with Gasteiger partial charge < -0.3 is 19.3 Å². The highest BCUT2D eigenvalue weighted by atomic mass is 35.5. The molecule has 4 aliphatic rings. The van der Waals surface area contributed by atoms with E-state index in [-0.39, 0.29) is 11.6 Å². The molecule has 0 bridgehead atoms. The number of aliphatic imine (C=N–C) groups is 1. The Morgan fingerprint density at radius 3 is 2.60 bits per heavy atom. The minimum absolute atomic E-state index is 0.0829. The number of benzene rings is 1. The van der Waals surface area contributed by atoms with E-state index in [0.29, 0.717) is 50.7 Å². The summed E-state index contributed by atoms with van der Waals surface area (Å²) in [5.41, 5.74) is 3.39. The molecule has 3 aromatic rings. The van der Waals surface area contributed by atoms with E-state index in [1.165, 1.54) is 6.07 Å². The topological polar surface area (TPSA) is 101 Å². The fourth-order valence-electron chi connectivity index (χ4n) is 5.91. The van der Waals surface area contributed by atoms with Crippen molar-refractivity contribution in [3.8, 4) is 17.0 Å². The zero-order valence-corrected chi connectivity index (χ0v) is 23.9. The molecule has 3 atom stereocenters. The van der Waals surface area contributed by atoms with Crippen molar-refractivity contribution in [2.24, 2.45) is 22.7 Å². The smallest absolute Gasteiger partial charge is 0.335 e. The number of likely N-dealkylation sites (tertiary alicyclic amines) is 1. The van der Waals surface area contributed by atoms with Crippen LogP contribution in [0.2, 0.25) is 10.0 Å². The summed E-state index contributed by atoms with van der Waals surface area (Å²) in [5.74, 6) is 3.32. The summed E-state index contributed by atoms with van der Waals surface area (Å²) in [4.78, 5) is 23.0. The number of pyridine rings is 1. The van der Waals surface area contributed by atoms with Crippen LogP contribution in [0.4, 0.5) is 0 Å². The number of allylic oxidation sites excluding steroid dienone is 1. The number of ether oxygens (including phenoxy) is 1. The number of carboxylic acid groups (broad SMARTS) is 1. The molecular formula is C29H26Cl2N4O4S. The van der Waals surface area contributed by atoms with E-state index < -0.39 is 5.97 Å². The zero-order valence-electron chi connectivity index (χ0n) is 21.6. The fraction of sp³-hybridized carbons (Fsp3) is 0.379. The van der Waals surface area contributed by atoms with Gasteiger partial charge in [0.2, 0.25) is 0 Å². The van der Waals surface area contributed by atoms with Gasteiger partial charge in [0.15, 0.2) is 5.17 Å². The number of rotatable bonds is 7. The maximum Gasteiger partial charge on any atom is 0.335 e. The summed E-state index contributed by atoms with van der Waals surface area (Å²) in [6.07, 6.45) is 9.81. The van der Waals surface area contributed by atoms with Gasteiger partial charge in [0, 0.05) is 48.3 Å². The highest BCUT2D eigenvalue weighted by Gasteiger charge is 2.55. The van der Waals surface area contributed by atoms with Crippen LogP contribution in [0.15, 0.2) is 46.2 Å². The number of hydrogen-bond donors (Lipinski definition) is 1. The molecule has 2 saturated carbocycles. The summed E-state index contributed by atoms with van der Waals surface area (Å²) in [7, 11) is 1.55. The quantitative estimate of drug-likeness (QED) is 0.323. The van der Waals surface area contributed by atoms with Crippen LogP contribution in [0.3, 0.4) is 0 Å². The minimum atomic E-state index is -0.969. The van der Waals surface area contributed by atoms with E-state index in [1.807, 2.05) is 6.07 Å². The average Bonchev–Trinajstić information content (AvgIpc) is 3.68. The van der Waals surface area contributed by atoms with Gasteiger partial charge >= 0.3 is 5.97 Å². The Hall–Kier alpha value is -3.01. The van der Waals surface area contributed by atoms with Crippen LogP contribution in [0.1, 0.15) is 52.0 Å². The van der Waals surface area contributed by atoms with Gasteiger partial charge in [-0.05, 0) is 54.4 Å².